The van der Waals surface area contributed by atoms with E-state index in [2.05, 4.69) is 10.3 Å². The third kappa shape index (κ3) is 4.79. The molecule has 1 unspecified atom stereocenters. The first-order valence-electron chi connectivity index (χ1n) is 4.60. The van der Waals surface area contributed by atoms with Gasteiger partial charge in [0.25, 0.3) is 0 Å². The Bertz CT molecular complexity index is 304. The number of thiazole rings is 1. The molecule has 0 saturated carbocycles. The lowest BCUT2D eigenvalue weighted by molar-refractivity contribution is 0.0357. The normalized spacial score (nSPS) is 14.9. The average Bonchev–Trinajstić information content (AvgIpc) is 2.59. The third-order valence-electron chi connectivity index (χ3n) is 1.94. The number of aromatic nitrogens is 1. The van der Waals surface area contributed by atoms with Gasteiger partial charge in [-0.05, 0) is 6.92 Å². The molecule has 2 N–H and O–H groups in total. The molecule has 0 aliphatic rings. The summed E-state index contributed by atoms with van der Waals surface area (Å²) in [4.78, 5) is 4.02. The van der Waals surface area contributed by atoms with Gasteiger partial charge in [0.05, 0.1) is 5.60 Å². The minimum absolute atomic E-state index is 0.431. The number of anilines is 1. The molecule has 1 rings (SSSR count). The van der Waals surface area contributed by atoms with Crippen molar-refractivity contribution in [3.63, 3.8) is 0 Å². The summed E-state index contributed by atoms with van der Waals surface area (Å²) in [6.07, 6.45) is 0.579. The van der Waals surface area contributed by atoms with Crippen molar-refractivity contribution in [2.45, 2.75) is 18.9 Å². The maximum Gasteiger partial charge on any atom is 0.184 e. The van der Waals surface area contributed by atoms with Crippen LogP contribution in [0.15, 0.2) is 5.38 Å². The molecule has 86 valence electrons. The van der Waals surface area contributed by atoms with E-state index in [1.54, 1.807) is 19.4 Å². The van der Waals surface area contributed by atoms with Crippen LogP contribution in [0.1, 0.15) is 13.3 Å². The first-order valence-corrected chi connectivity index (χ1v) is 5.85. The SMILES string of the molecule is COCCC(C)(O)CNc1nc(Cl)cs1. The summed E-state index contributed by atoms with van der Waals surface area (Å²) in [6, 6.07) is 0. The standard InChI is InChI=1S/C9H15ClN2O2S/c1-9(13,3-4-14-2)6-11-8-12-7(10)5-15-8/h5,13H,3-4,6H2,1-2H3,(H,11,12). The van der Waals surface area contributed by atoms with Crippen molar-refractivity contribution >= 4 is 28.1 Å². The first-order chi connectivity index (χ1) is 7.03. The molecule has 6 heteroatoms. The Morgan fingerprint density at radius 3 is 3.00 bits per heavy atom. The molecular formula is C9H15ClN2O2S. The van der Waals surface area contributed by atoms with Gasteiger partial charge in [-0.2, -0.15) is 0 Å². The second-order valence-electron chi connectivity index (χ2n) is 3.57. The molecule has 4 nitrogen and oxygen atoms in total. The molecule has 0 saturated heterocycles. The van der Waals surface area contributed by atoms with Crippen LogP contribution in [0.4, 0.5) is 5.13 Å². The van der Waals surface area contributed by atoms with Crippen LogP contribution in [-0.2, 0) is 4.74 Å². The van der Waals surface area contributed by atoms with E-state index < -0.39 is 5.60 Å². The fourth-order valence-electron chi connectivity index (χ4n) is 1.01. The Labute approximate surface area is 98.2 Å². The summed E-state index contributed by atoms with van der Waals surface area (Å²) in [5.74, 6) is 0. The fourth-order valence-corrected chi connectivity index (χ4v) is 1.85. The maximum absolute atomic E-state index is 9.92. The average molecular weight is 251 g/mol. The summed E-state index contributed by atoms with van der Waals surface area (Å²) in [6.45, 7) is 2.72. The molecule has 15 heavy (non-hydrogen) atoms. The molecule has 0 radical (unpaired) electrons. The van der Waals surface area contributed by atoms with Gasteiger partial charge in [0, 0.05) is 32.1 Å². The highest BCUT2D eigenvalue weighted by Gasteiger charge is 2.19. The largest absolute Gasteiger partial charge is 0.388 e. The molecule has 0 aliphatic carbocycles. The topological polar surface area (TPSA) is 54.4 Å². The zero-order valence-electron chi connectivity index (χ0n) is 8.79. The zero-order valence-corrected chi connectivity index (χ0v) is 10.4. The van der Waals surface area contributed by atoms with Crippen LogP contribution in [0, 0.1) is 0 Å². The number of ether oxygens (including phenoxy) is 1. The van der Waals surface area contributed by atoms with E-state index >= 15 is 0 Å². The predicted molar refractivity (Wildman–Crippen MR) is 62.7 cm³/mol. The van der Waals surface area contributed by atoms with Gasteiger partial charge in [-0.15, -0.1) is 11.3 Å². The van der Waals surface area contributed by atoms with Gasteiger partial charge in [-0.1, -0.05) is 11.6 Å². The van der Waals surface area contributed by atoms with Crippen molar-refractivity contribution in [2.24, 2.45) is 0 Å². The van der Waals surface area contributed by atoms with Crippen LogP contribution in [0.3, 0.4) is 0 Å². The smallest absolute Gasteiger partial charge is 0.184 e. The Morgan fingerprint density at radius 1 is 1.73 bits per heavy atom. The van der Waals surface area contributed by atoms with Crippen LogP contribution >= 0.6 is 22.9 Å². The van der Waals surface area contributed by atoms with Crippen LogP contribution in [0.5, 0.6) is 0 Å². The lowest BCUT2D eigenvalue weighted by Crippen LogP contribution is -2.34. The summed E-state index contributed by atoms with van der Waals surface area (Å²) in [5.41, 5.74) is -0.797. The molecule has 0 bridgehead atoms. The zero-order chi connectivity index (χ0) is 11.3. The Hall–Kier alpha value is -0.360. The lowest BCUT2D eigenvalue weighted by atomic mass is 10.0. The number of hydrogen-bond donors (Lipinski definition) is 2. The van der Waals surface area contributed by atoms with Gasteiger partial charge in [0.2, 0.25) is 0 Å². The molecule has 1 heterocycles. The van der Waals surface area contributed by atoms with Gasteiger partial charge in [0.15, 0.2) is 5.13 Å². The minimum Gasteiger partial charge on any atom is -0.388 e. The minimum atomic E-state index is -0.797. The fraction of sp³-hybridized carbons (Fsp3) is 0.667. The van der Waals surface area contributed by atoms with Gasteiger partial charge in [0.1, 0.15) is 5.15 Å². The van der Waals surface area contributed by atoms with Crippen molar-refractivity contribution in [3.8, 4) is 0 Å². The van der Waals surface area contributed by atoms with Crippen molar-refractivity contribution in [1.29, 1.82) is 0 Å². The number of nitrogens with one attached hydrogen (secondary N) is 1. The van der Waals surface area contributed by atoms with Crippen molar-refractivity contribution in [2.75, 3.05) is 25.6 Å². The number of aliphatic hydroxyl groups is 1. The van der Waals surface area contributed by atoms with Crippen molar-refractivity contribution < 1.29 is 9.84 Å². The van der Waals surface area contributed by atoms with E-state index in [4.69, 9.17) is 16.3 Å². The summed E-state index contributed by atoms with van der Waals surface area (Å²) >= 11 is 7.09. The van der Waals surface area contributed by atoms with Gasteiger partial charge in [-0.3, -0.25) is 0 Å². The number of methoxy groups -OCH3 is 1. The highest BCUT2D eigenvalue weighted by atomic mass is 35.5. The first kappa shape index (κ1) is 12.7. The number of nitrogens with zero attached hydrogens (tertiary/aromatic N) is 1. The highest BCUT2D eigenvalue weighted by molar-refractivity contribution is 7.14. The van der Waals surface area contributed by atoms with Crippen molar-refractivity contribution in [3.05, 3.63) is 10.5 Å². The predicted octanol–water partition coefficient (Wildman–Crippen LogP) is 2.00. The van der Waals surface area contributed by atoms with Crippen molar-refractivity contribution in [1.82, 2.24) is 4.98 Å². The Morgan fingerprint density at radius 2 is 2.47 bits per heavy atom. The van der Waals surface area contributed by atoms with E-state index in [0.717, 1.165) is 5.13 Å². The molecule has 0 amide bonds. The van der Waals surface area contributed by atoms with Crippen LogP contribution in [0.25, 0.3) is 0 Å². The number of halogens is 1. The molecule has 0 aromatic carbocycles. The molecule has 1 atom stereocenters. The second kappa shape index (κ2) is 5.65. The van der Waals surface area contributed by atoms with E-state index in [1.165, 1.54) is 11.3 Å². The van der Waals surface area contributed by atoms with E-state index in [1.807, 2.05) is 0 Å². The quantitative estimate of drug-likeness (QED) is 0.811. The van der Waals surface area contributed by atoms with Gasteiger partial charge < -0.3 is 15.2 Å². The second-order valence-corrected chi connectivity index (χ2v) is 4.81. The molecular weight excluding hydrogens is 236 g/mol. The maximum atomic E-state index is 9.92. The Kier molecular flexibility index (Phi) is 4.79. The van der Waals surface area contributed by atoms with Gasteiger partial charge >= 0.3 is 0 Å². The highest BCUT2D eigenvalue weighted by Crippen LogP contribution is 2.20. The molecule has 0 spiro atoms. The Balaban J connectivity index is 2.35. The van der Waals surface area contributed by atoms with Crippen LogP contribution < -0.4 is 5.32 Å². The molecule has 1 aromatic heterocycles. The molecule has 0 fully saturated rings. The lowest BCUT2D eigenvalue weighted by Gasteiger charge is -2.22. The van der Waals surface area contributed by atoms with Crippen LogP contribution in [0.2, 0.25) is 5.15 Å². The van der Waals surface area contributed by atoms with Gasteiger partial charge in [-0.25, -0.2) is 4.98 Å². The summed E-state index contributed by atoms with van der Waals surface area (Å²) in [7, 11) is 1.62. The molecule has 0 aliphatic heterocycles. The van der Waals surface area contributed by atoms with E-state index in [9.17, 15) is 5.11 Å². The van der Waals surface area contributed by atoms with E-state index in [0.29, 0.717) is 24.7 Å². The third-order valence-corrected chi connectivity index (χ3v) is 3.06. The number of hydrogen-bond acceptors (Lipinski definition) is 5. The summed E-state index contributed by atoms with van der Waals surface area (Å²) < 4.78 is 4.91. The van der Waals surface area contributed by atoms with E-state index in [-0.39, 0.29) is 0 Å². The monoisotopic (exact) mass is 250 g/mol. The number of rotatable bonds is 6. The van der Waals surface area contributed by atoms with Crippen LogP contribution in [-0.4, -0.2) is 36.0 Å². The summed E-state index contributed by atoms with van der Waals surface area (Å²) in [5, 5.41) is 15.9. The molecule has 1 aromatic rings.